The number of thiophene rings is 1. The van der Waals surface area contributed by atoms with Crippen LogP contribution >= 0.6 is 22.7 Å². The lowest BCUT2D eigenvalue weighted by Crippen LogP contribution is -2.03. The van der Waals surface area contributed by atoms with Crippen molar-refractivity contribution in [2.75, 3.05) is 12.3 Å². The van der Waals surface area contributed by atoms with E-state index in [9.17, 15) is 0 Å². The summed E-state index contributed by atoms with van der Waals surface area (Å²) in [5, 5.41) is 15.8. The molecule has 1 unspecified atom stereocenters. The number of nitrogens with two attached hydrogens (primary N) is 1. The summed E-state index contributed by atoms with van der Waals surface area (Å²) in [6.07, 6.45) is 2.06. The zero-order valence-electron chi connectivity index (χ0n) is 9.94. The van der Waals surface area contributed by atoms with Crippen molar-refractivity contribution in [2.24, 2.45) is 0 Å². The van der Waals surface area contributed by atoms with Crippen molar-refractivity contribution in [1.29, 1.82) is 0 Å². The van der Waals surface area contributed by atoms with Crippen LogP contribution in [-0.4, -0.2) is 26.4 Å². The molecule has 6 nitrogen and oxygen atoms in total. The number of hydrogen-bond donors (Lipinski definition) is 1. The maximum atomic E-state index is 5.93. The van der Waals surface area contributed by atoms with Crippen LogP contribution in [0.1, 0.15) is 24.8 Å². The van der Waals surface area contributed by atoms with Crippen LogP contribution in [0.15, 0.2) is 11.4 Å². The second-order valence-corrected chi connectivity index (χ2v) is 6.24. The summed E-state index contributed by atoms with van der Waals surface area (Å²) in [5.74, 6) is 0.796. The summed E-state index contributed by atoms with van der Waals surface area (Å²) >= 11 is 3.09. The summed E-state index contributed by atoms with van der Waals surface area (Å²) in [6, 6.07) is 1.89. The summed E-state index contributed by atoms with van der Waals surface area (Å²) in [7, 11) is 0. The van der Waals surface area contributed by atoms with Crippen LogP contribution < -0.4 is 5.73 Å². The van der Waals surface area contributed by atoms with E-state index in [1.54, 1.807) is 15.9 Å². The van der Waals surface area contributed by atoms with Gasteiger partial charge in [0.1, 0.15) is 6.10 Å². The van der Waals surface area contributed by atoms with Crippen molar-refractivity contribution in [3.63, 3.8) is 0 Å². The van der Waals surface area contributed by atoms with Crippen molar-refractivity contribution < 1.29 is 4.74 Å². The van der Waals surface area contributed by atoms with E-state index in [0.29, 0.717) is 0 Å². The van der Waals surface area contributed by atoms with E-state index >= 15 is 0 Å². The fourth-order valence-corrected chi connectivity index (χ4v) is 3.97. The highest BCUT2D eigenvalue weighted by Crippen LogP contribution is 2.35. The lowest BCUT2D eigenvalue weighted by atomic mass is 10.2. The van der Waals surface area contributed by atoms with Crippen molar-refractivity contribution in [3.05, 3.63) is 17.3 Å². The minimum absolute atomic E-state index is 0.0191. The van der Waals surface area contributed by atoms with Gasteiger partial charge < -0.3 is 10.5 Å². The topological polar surface area (TPSA) is 78.3 Å². The first-order valence-corrected chi connectivity index (χ1v) is 7.69. The van der Waals surface area contributed by atoms with Crippen molar-refractivity contribution >= 4 is 33.3 Å². The molecule has 0 aliphatic carbocycles. The third-order valence-corrected chi connectivity index (χ3v) is 5.10. The zero-order valence-corrected chi connectivity index (χ0v) is 11.6. The molecule has 98 valence electrons. The lowest BCUT2D eigenvalue weighted by molar-refractivity contribution is 0.103. The highest BCUT2D eigenvalue weighted by Gasteiger charge is 2.25. The SMILES string of the molecule is Nc1ccsc1-c1nn2c(C3CCCO3)nnc2s1. The third kappa shape index (κ3) is 1.75. The Hall–Kier alpha value is -1.51. The summed E-state index contributed by atoms with van der Waals surface area (Å²) in [6.45, 7) is 0.786. The molecule has 0 radical (unpaired) electrons. The number of ether oxygens (including phenoxy) is 1. The summed E-state index contributed by atoms with van der Waals surface area (Å²) in [4.78, 5) is 1.78. The molecule has 3 aromatic rings. The molecular weight excluding hydrogens is 282 g/mol. The molecule has 1 aliphatic rings. The number of fused-ring (bicyclic) bond motifs is 1. The molecule has 0 bridgehead atoms. The maximum Gasteiger partial charge on any atom is 0.235 e. The van der Waals surface area contributed by atoms with Gasteiger partial charge >= 0.3 is 0 Å². The van der Waals surface area contributed by atoms with Crippen LogP contribution in [0.4, 0.5) is 5.69 Å². The van der Waals surface area contributed by atoms with Gasteiger partial charge in [-0.25, -0.2) is 0 Å². The van der Waals surface area contributed by atoms with Gasteiger partial charge in [0, 0.05) is 6.61 Å². The van der Waals surface area contributed by atoms with E-state index in [1.165, 1.54) is 11.3 Å². The van der Waals surface area contributed by atoms with Crippen LogP contribution in [0, 0.1) is 0 Å². The molecule has 1 fully saturated rings. The molecule has 0 saturated carbocycles. The second-order valence-electron chi connectivity index (χ2n) is 4.37. The molecule has 19 heavy (non-hydrogen) atoms. The van der Waals surface area contributed by atoms with Gasteiger partial charge in [0.25, 0.3) is 0 Å². The number of aromatic nitrogens is 4. The Morgan fingerprint density at radius 3 is 3.11 bits per heavy atom. The van der Waals surface area contributed by atoms with E-state index in [4.69, 9.17) is 10.5 Å². The molecule has 0 aromatic carbocycles. The lowest BCUT2D eigenvalue weighted by Gasteiger charge is -2.04. The summed E-state index contributed by atoms with van der Waals surface area (Å²) < 4.78 is 7.44. The van der Waals surface area contributed by atoms with Gasteiger partial charge in [0.15, 0.2) is 10.8 Å². The van der Waals surface area contributed by atoms with E-state index in [2.05, 4.69) is 15.3 Å². The first-order chi connectivity index (χ1) is 9.33. The molecule has 4 rings (SSSR count). The highest BCUT2D eigenvalue weighted by molar-refractivity contribution is 7.24. The minimum Gasteiger partial charge on any atom is -0.397 e. The van der Waals surface area contributed by atoms with Gasteiger partial charge in [0.05, 0.1) is 10.6 Å². The predicted octanol–water partition coefficient (Wildman–Crippen LogP) is 2.35. The van der Waals surface area contributed by atoms with Gasteiger partial charge in [-0.3, -0.25) is 0 Å². The van der Waals surface area contributed by atoms with E-state index in [-0.39, 0.29) is 6.10 Å². The smallest absolute Gasteiger partial charge is 0.235 e. The number of nitrogens with zero attached hydrogens (tertiary/aromatic N) is 4. The van der Waals surface area contributed by atoms with Crippen LogP contribution in [0.25, 0.3) is 14.8 Å². The van der Waals surface area contributed by atoms with Gasteiger partial charge in [-0.2, -0.15) is 9.61 Å². The molecule has 0 amide bonds. The Bertz CT molecular complexity index is 724. The fourth-order valence-electron chi connectivity index (χ4n) is 2.20. The standard InChI is InChI=1S/C11H11N5OS2/c12-6-3-5-18-8(6)10-15-16-9(7-2-1-4-17-7)13-14-11(16)19-10/h3,5,7H,1-2,4,12H2. The largest absolute Gasteiger partial charge is 0.397 e. The Morgan fingerprint density at radius 1 is 1.42 bits per heavy atom. The first kappa shape index (κ1) is 11.3. The maximum absolute atomic E-state index is 5.93. The fraction of sp³-hybridized carbons (Fsp3) is 0.364. The Kier molecular flexibility index (Phi) is 2.54. The van der Waals surface area contributed by atoms with Crippen molar-refractivity contribution in [3.8, 4) is 9.88 Å². The average Bonchev–Trinajstić information content (AvgIpc) is 3.10. The van der Waals surface area contributed by atoms with Crippen molar-refractivity contribution in [1.82, 2.24) is 19.8 Å². The minimum atomic E-state index is 0.0191. The first-order valence-electron chi connectivity index (χ1n) is 6.00. The normalized spacial score (nSPS) is 19.5. The van der Waals surface area contributed by atoms with Crippen molar-refractivity contribution in [2.45, 2.75) is 18.9 Å². The number of anilines is 1. The van der Waals surface area contributed by atoms with Crippen LogP contribution in [0.2, 0.25) is 0 Å². The number of hydrogen-bond acceptors (Lipinski definition) is 7. The van der Waals surface area contributed by atoms with Crippen LogP contribution in [-0.2, 0) is 4.74 Å². The quantitative estimate of drug-likeness (QED) is 0.784. The third-order valence-electron chi connectivity index (χ3n) is 3.12. The molecule has 1 aliphatic heterocycles. The molecule has 1 saturated heterocycles. The monoisotopic (exact) mass is 293 g/mol. The number of nitrogen functional groups attached to an aromatic ring is 1. The summed E-state index contributed by atoms with van der Waals surface area (Å²) in [5.41, 5.74) is 6.69. The Morgan fingerprint density at radius 2 is 2.37 bits per heavy atom. The Balaban J connectivity index is 1.82. The molecule has 1 atom stereocenters. The Labute approximate surface area is 116 Å². The van der Waals surface area contributed by atoms with E-state index in [1.807, 2.05) is 11.4 Å². The van der Waals surface area contributed by atoms with Gasteiger partial charge in [-0.15, -0.1) is 21.5 Å². The molecular formula is C11H11N5OS2. The van der Waals surface area contributed by atoms with Crippen LogP contribution in [0.5, 0.6) is 0 Å². The molecule has 3 aromatic heterocycles. The molecule has 2 N–H and O–H groups in total. The molecule has 8 heteroatoms. The van der Waals surface area contributed by atoms with E-state index in [0.717, 1.165) is 45.8 Å². The van der Waals surface area contributed by atoms with Gasteiger partial charge in [-0.05, 0) is 24.3 Å². The highest BCUT2D eigenvalue weighted by atomic mass is 32.1. The molecule has 4 heterocycles. The van der Waals surface area contributed by atoms with Gasteiger partial charge in [0.2, 0.25) is 4.96 Å². The molecule has 0 spiro atoms. The van der Waals surface area contributed by atoms with Crippen LogP contribution in [0.3, 0.4) is 0 Å². The average molecular weight is 293 g/mol. The van der Waals surface area contributed by atoms with Gasteiger partial charge in [-0.1, -0.05) is 11.3 Å². The van der Waals surface area contributed by atoms with E-state index < -0.39 is 0 Å². The number of rotatable bonds is 2. The zero-order chi connectivity index (χ0) is 12.8. The second kappa shape index (κ2) is 4.26. The predicted molar refractivity (Wildman–Crippen MR) is 74.3 cm³/mol.